The van der Waals surface area contributed by atoms with E-state index < -0.39 is 5.82 Å². The van der Waals surface area contributed by atoms with Crippen molar-refractivity contribution in [3.05, 3.63) is 88.1 Å². The number of benzene rings is 3. The van der Waals surface area contributed by atoms with Crippen LogP contribution in [0.5, 0.6) is 5.75 Å². The highest BCUT2D eigenvalue weighted by molar-refractivity contribution is 9.10. The monoisotopic (exact) mass is 459 g/mol. The maximum Gasteiger partial charge on any atom is 0.255 e. The first-order valence-corrected chi connectivity index (χ1v) is 10.5. The predicted molar refractivity (Wildman–Crippen MR) is 116 cm³/mol. The van der Waals surface area contributed by atoms with Gasteiger partial charge >= 0.3 is 0 Å². The Balaban J connectivity index is 1.79. The van der Waals surface area contributed by atoms with Gasteiger partial charge in [0.25, 0.3) is 5.91 Å². The molecule has 0 aliphatic heterocycles. The van der Waals surface area contributed by atoms with E-state index in [1.54, 1.807) is 36.0 Å². The fraction of sp³-hybridized carbons (Fsp3) is 0.136. The van der Waals surface area contributed by atoms with Gasteiger partial charge in [0.1, 0.15) is 11.6 Å². The zero-order valence-electron chi connectivity index (χ0n) is 15.2. The molecule has 0 aliphatic rings. The Bertz CT molecular complexity index is 966. The molecule has 3 aromatic carbocycles. The average Bonchev–Trinajstić information content (AvgIpc) is 2.70. The third kappa shape index (κ3) is 5.36. The van der Waals surface area contributed by atoms with Crippen molar-refractivity contribution in [1.29, 1.82) is 0 Å². The molecule has 0 spiro atoms. The smallest absolute Gasteiger partial charge is 0.255 e. The number of ether oxygens (including phenoxy) is 1. The van der Waals surface area contributed by atoms with Crippen LogP contribution in [-0.4, -0.2) is 12.5 Å². The normalized spacial score (nSPS) is 10.5. The molecule has 0 fully saturated rings. The van der Waals surface area contributed by atoms with Crippen LogP contribution >= 0.6 is 27.7 Å². The Kier molecular flexibility index (Phi) is 7.12. The van der Waals surface area contributed by atoms with E-state index in [2.05, 4.69) is 21.2 Å². The Morgan fingerprint density at radius 2 is 1.89 bits per heavy atom. The fourth-order valence-corrected chi connectivity index (χ4v) is 3.82. The first kappa shape index (κ1) is 20.4. The number of carbonyl (C=O) groups excluding carboxylic acids is 1. The summed E-state index contributed by atoms with van der Waals surface area (Å²) in [5.74, 6) is 0.550. The summed E-state index contributed by atoms with van der Waals surface area (Å²) in [6.07, 6.45) is 0. The van der Waals surface area contributed by atoms with Gasteiger partial charge in [-0.1, -0.05) is 34.1 Å². The third-order valence-corrected chi connectivity index (χ3v) is 5.49. The first-order chi connectivity index (χ1) is 13.6. The molecule has 3 aromatic rings. The van der Waals surface area contributed by atoms with E-state index in [-0.39, 0.29) is 11.6 Å². The van der Waals surface area contributed by atoms with E-state index >= 15 is 0 Å². The molecule has 0 bridgehead atoms. The minimum Gasteiger partial charge on any atom is -0.494 e. The van der Waals surface area contributed by atoms with Crippen LogP contribution in [0.15, 0.2) is 76.1 Å². The molecular formula is C22H19BrFNO2S. The predicted octanol–water partition coefficient (Wildman–Crippen LogP) is 6.53. The van der Waals surface area contributed by atoms with Crippen molar-refractivity contribution in [2.45, 2.75) is 17.6 Å². The molecule has 0 heterocycles. The molecule has 1 amide bonds. The van der Waals surface area contributed by atoms with Crippen LogP contribution in [0.25, 0.3) is 0 Å². The minimum absolute atomic E-state index is 0.141. The number of rotatable bonds is 7. The summed E-state index contributed by atoms with van der Waals surface area (Å²) >= 11 is 4.87. The van der Waals surface area contributed by atoms with Gasteiger partial charge in [-0.3, -0.25) is 4.79 Å². The molecule has 1 N–H and O–H groups in total. The molecule has 144 valence electrons. The Labute approximate surface area is 176 Å². The number of hydrogen-bond acceptors (Lipinski definition) is 3. The first-order valence-electron chi connectivity index (χ1n) is 8.77. The third-order valence-electron chi connectivity index (χ3n) is 3.94. The fourth-order valence-electron chi connectivity index (χ4n) is 2.59. The molecule has 0 atom stereocenters. The summed E-state index contributed by atoms with van der Waals surface area (Å²) in [6, 6.07) is 19.8. The van der Waals surface area contributed by atoms with Crippen LogP contribution in [0.1, 0.15) is 22.8 Å². The number of amides is 1. The van der Waals surface area contributed by atoms with Gasteiger partial charge in [0.15, 0.2) is 0 Å². The van der Waals surface area contributed by atoms with Crippen molar-refractivity contribution in [2.24, 2.45) is 0 Å². The average molecular weight is 460 g/mol. The largest absolute Gasteiger partial charge is 0.494 e. The van der Waals surface area contributed by atoms with Crippen LogP contribution in [-0.2, 0) is 5.75 Å². The number of hydrogen-bond donors (Lipinski definition) is 1. The lowest BCUT2D eigenvalue weighted by molar-refractivity contribution is 0.102. The minimum atomic E-state index is -0.492. The number of nitrogens with one attached hydrogen (secondary N) is 1. The summed E-state index contributed by atoms with van der Waals surface area (Å²) in [7, 11) is 0. The number of anilines is 1. The SMILES string of the molecule is CCOc1ccc(C(=O)Nc2ccc(Br)cc2F)cc1CSc1ccccc1. The van der Waals surface area contributed by atoms with E-state index in [0.29, 0.717) is 22.4 Å². The van der Waals surface area contributed by atoms with Crippen molar-refractivity contribution in [3.63, 3.8) is 0 Å². The highest BCUT2D eigenvalue weighted by Gasteiger charge is 2.13. The van der Waals surface area contributed by atoms with Gasteiger partial charge in [0, 0.05) is 26.2 Å². The molecule has 0 saturated heterocycles. The maximum atomic E-state index is 14.0. The van der Waals surface area contributed by atoms with Crippen molar-refractivity contribution in [2.75, 3.05) is 11.9 Å². The second-order valence-corrected chi connectivity index (χ2v) is 7.90. The quantitative estimate of drug-likeness (QED) is 0.408. The molecule has 0 aromatic heterocycles. The van der Waals surface area contributed by atoms with Crippen LogP contribution in [0.3, 0.4) is 0 Å². The van der Waals surface area contributed by atoms with E-state index in [1.165, 1.54) is 12.1 Å². The van der Waals surface area contributed by atoms with Crippen molar-refractivity contribution in [3.8, 4) is 5.75 Å². The van der Waals surface area contributed by atoms with E-state index in [1.807, 2.05) is 37.3 Å². The Morgan fingerprint density at radius 1 is 1.11 bits per heavy atom. The second kappa shape index (κ2) is 9.75. The maximum absolute atomic E-state index is 14.0. The number of thioether (sulfide) groups is 1. The standard InChI is InChI=1S/C22H19BrFNO2S/c1-2-27-21-11-8-15(12-16(21)14-28-18-6-4-3-5-7-18)22(26)25-20-10-9-17(23)13-19(20)24/h3-13H,2,14H2,1H3,(H,25,26). The Hall–Kier alpha value is -2.31. The van der Waals surface area contributed by atoms with Crippen molar-refractivity contribution >= 4 is 39.3 Å². The van der Waals surface area contributed by atoms with Gasteiger partial charge in [-0.25, -0.2) is 4.39 Å². The van der Waals surface area contributed by atoms with Gasteiger partial charge in [-0.05, 0) is 55.5 Å². The van der Waals surface area contributed by atoms with Crippen molar-refractivity contribution < 1.29 is 13.9 Å². The summed E-state index contributed by atoms with van der Waals surface area (Å²) in [5, 5.41) is 2.62. The van der Waals surface area contributed by atoms with Crippen LogP contribution in [0.2, 0.25) is 0 Å². The van der Waals surface area contributed by atoms with Gasteiger partial charge < -0.3 is 10.1 Å². The highest BCUT2D eigenvalue weighted by Crippen LogP contribution is 2.29. The molecule has 3 nitrogen and oxygen atoms in total. The van der Waals surface area contributed by atoms with Gasteiger partial charge in [-0.2, -0.15) is 0 Å². The van der Waals surface area contributed by atoms with Crippen LogP contribution in [0.4, 0.5) is 10.1 Å². The molecule has 3 rings (SSSR count). The molecule has 0 aliphatic carbocycles. The van der Waals surface area contributed by atoms with Crippen molar-refractivity contribution in [1.82, 2.24) is 0 Å². The van der Waals surface area contributed by atoms with Crippen LogP contribution < -0.4 is 10.1 Å². The van der Waals surface area contributed by atoms with Gasteiger partial charge in [0.2, 0.25) is 0 Å². The molecule has 0 unspecified atom stereocenters. The summed E-state index contributed by atoms with van der Waals surface area (Å²) in [4.78, 5) is 13.7. The number of halogens is 2. The van der Waals surface area contributed by atoms with E-state index in [9.17, 15) is 9.18 Å². The molecular weight excluding hydrogens is 441 g/mol. The lowest BCUT2D eigenvalue weighted by Gasteiger charge is -2.13. The van der Waals surface area contributed by atoms with Gasteiger partial charge in [-0.15, -0.1) is 11.8 Å². The second-order valence-electron chi connectivity index (χ2n) is 5.94. The molecule has 0 radical (unpaired) electrons. The zero-order chi connectivity index (χ0) is 19.9. The summed E-state index contributed by atoms with van der Waals surface area (Å²) in [5.41, 5.74) is 1.51. The number of carbonyl (C=O) groups is 1. The van der Waals surface area contributed by atoms with E-state index in [4.69, 9.17) is 4.74 Å². The lowest BCUT2D eigenvalue weighted by Crippen LogP contribution is -2.13. The summed E-state index contributed by atoms with van der Waals surface area (Å²) < 4.78 is 20.3. The van der Waals surface area contributed by atoms with Gasteiger partial charge in [0.05, 0.1) is 12.3 Å². The van der Waals surface area contributed by atoms with Crippen LogP contribution in [0, 0.1) is 5.82 Å². The molecule has 6 heteroatoms. The topological polar surface area (TPSA) is 38.3 Å². The lowest BCUT2D eigenvalue weighted by atomic mass is 10.1. The highest BCUT2D eigenvalue weighted by atomic mass is 79.9. The Morgan fingerprint density at radius 3 is 2.61 bits per heavy atom. The summed E-state index contributed by atoms with van der Waals surface area (Å²) in [6.45, 7) is 2.46. The zero-order valence-corrected chi connectivity index (χ0v) is 17.6. The molecule has 0 saturated carbocycles. The molecule has 28 heavy (non-hydrogen) atoms. The van der Waals surface area contributed by atoms with E-state index in [0.717, 1.165) is 16.2 Å².